The van der Waals surface area contributed by atoms with Gasteiger partial charge in [0.15, 0.2) is 0 Å². The maximum Gasteiger partial charge on any atom is 0.138 e. The second-order valence-electron chi connectivity index (χ2n) is 4.68. The van der Waals surface area contributed by atoms with Crippen LogP contribution in [0.15, 0.2) is 59.0 Å². The van der Waals surface area contributed by atoms with Gasteiger partial charge in [0.25, 0.3) is 0 Å². The van der Waals surface area contributed by atoms with E-state index in [0.29, 0.717) is 5.71 Å². The molecule has 2 heteroatoms. The highest BCUT2D eigenvalue weighted by atomic mass is 16.3. The van der Waals surface area contributed by atoms with Gasteiger partial charge in [0.2, 0.25) is 0 Å². The first kappa shape index (κ1) is 18.7. The van der Waals surface area contributed by atoms with E-state index < -0.39 is 0 Å². The van der Waals surface area contributed by atoms with Gasteiger partial charge in [-0.1, -0.05) is 70.2 Å². The van der Waals surface area contributed by atoms with E-state index in [4.69, 9.17) is 9.83 Å². The van der Waals surface area contributed by atoms with Crippen LogP contribution in [0, 0.1) is 5.41 Å². The number of fused-ring (bicyclic) bond motifs is 3. The molecule has 0 bridgehead atoms. The van der Waals surface area contributed by atoms with Crippen LogP contribution in [0.2, 0.25) is 0 Å². The first-order valence-corrected chi connectivity index (χ1v) is 8.36. The molecule has 23 heavy (non-hydrogen) atoms. The van der Waals surface area contributed by atoms with Gasteiger partial charge >= 0.3 is 0 Å². The van der Waals surface area contributed by atoms with Gasteiger partial charge in [0.05, 0.1) is 0 Å². The van der Waals surface area contributed by atoms with Crippen LogP contribution < -0.4 is 0 Å². The summed E-state index contributed by atoms with van der Waals surface area (Å²) in [5.74, 6) is 0. The monoisotopic (exact) mass is 309 g/mol. The molecule has 0 aliphatic heterocycles. The number of benzene rings is 2. The Hall–Kier alpha value is -2.35. The van der Waals surface area contributed by atoms with Crippen molar-refractivity contribution >= 4 is 27.7 Å². The highest BCUT2D eigenvalue weighted by molar-refractivity contribution is 6.05. The fourth-order valence-electron chi connectivity index (χ4n) is 2.33. The zero-order valence-corrected chi connectivity index (χ0v) is 14.8. The first-order chi connectivity index (χ1) is 11.3. The topological polar surface area (TPSA) is 37.0 Å². The molecule has 122 valence electrons. The van der Waals surface area contributed by atoms with Crippen molar-refractivity contribution in [1.29, 1.82) is 5.41 Å². The van der Waals surface area contributed by atoms with Gasteiger partial charge in [-0.3, -0.25) is 0 Å². The van der Waals surface area contributed by atoms with Crippen LogP contribution in [-0.4, -0.2) is 5.71 Å². The van der Waals surface area contributed by atoms with Crippen LogP contribution >= 0.6 is 0 Å². The van der Waals surface area contributed by atoms with E-state index in [1.54, 1.807) is 6.92 Å². The van der Waals surface area contributed by atoms with E-state index >= 15 is 0 Å². The Morgan fingerprint density at radius 3 is 2.30 bits per heavy atom. The largest absolute Gasteiger partial charge is 0.456 e. The summed E-state index contributed by atoms with van der Waals surface area (Å²) in [6, 6.07) is 14.3. The lowest BCUT2D eigenvalue weighted by molar-refractivity contribution is 0.664. The summed E-state index contributed by atoms with van der Waals surface area (Å²) in [4.78, 5) is 0. The SMILES string of the molecule is CC.CC.CC(=N)/C=C\Cc1cccc2c1oc1ccccc12. The van der Waals surface area contributed by atoms with Crippen molar-refractivity contribution in [1.82, 2.24) is 0 Å². The summed E-state index contributed by atoms with van der Waals surface area (Å²) in [7, 11) is 0. The molecule has 0 aliphatic rings. The molecule has 3 aromatic rings. The van der Waals surface area contributed by atoms with E-state index in [2.05, 4.69) is 24.3 Å². The molecule has 0 radical (unpaired) electrons. The minimum Gasteiger partial charge on any atom is -0.456 e. The number of hydrogen-bond acceptors (Lipinski definition) is 2. The van der Waals surface area contributed by atoms with E-state index in [-0.39, 0.29) is 0 Å². The lowest BCUT2D eigenvalue weighted by Gasteiger charge is -1.97. The standard InChI is InChI=1S/C17H15NO.2C2H6/c1-12(18)6-4-7-13-8-5-10-15-14-9-2-3-11-16(14)19-17(13)15;2*1-2/h2-6,8-11,18H,7H2,1H3;2*1-2H3/b6-4-,18-12?;;. The Labute approximate surface area is 139 Å². The molecule has 1 N–H and O–H groups in total. The average Bonchev–Trinajstić information content (AvgIpc) is 2.98. The van der Waals surface area contributed by atoms with Crippen LogP contribution in [0.1, 0.15) is 40.2 Å². The molecule has 0 amide bonds. The average molecular weight is 309 g/mol. The maximum absolute atomic E-state index is 7.40. The first-order valence-electron chi connectivity index (χ1n) is 8.36. The summed E-state index contributed by atoms with van der Waals surface area (Å²) in [6.45, 7) is 9.78. The maximum atomic E-state index is 7.40. The van der Waals surface area contributed by atoms with Crippen molar-refractivity contribution in [2.45, 2.75) is 41.0 Å². The normalized spacial score (nSPS) is 10.1. The quantitative estimate of drug-likeness (QED) is 0.532. The molecular weight excluding hydrogens is 282 g/mol. The number of hydrogen-bond donors (Lipinski definition) is 1. The molecule has 2 aromatic carbocycles. The Morgan fingerprint density at radius 1 is 0.957 bits per heavy atom. The van der Waals surface area contributed by atoms with Gasteiger partial charge in [-0.25, -0.2) is 0 Å². The lowest BCUT2D eigenvalue weighted by atomic mass is 10.1. The van der Waals surface area contributed by atoms with E-state index in [9.17, 15) is 0 Å². The van der Waals surface area contributed by atoms with Crippen molar-refractivity contribution in [2.24, 2.45) is 0 Å². The molecule has 0 atom stereocenters. The van der Waals surface area contributed by atoms with Crippen LogP contribution in [0.25, 0.3) is 21.9 Å². The molecule has 1 aromatic heterocycles. The fraction of sp³-hybridized carbons (Fsp3) is 0.286. The summed E-state index contributed by atoms with van der Waals surface area (Å²) in [5.41, 5.74) is 3.61. The smallest absolute Gasteiger partial charge is 0.138 e. The van der Waals surface area contributed by atoms with E-state index in [1.807, 2.05) is 58.0 Å². The van der Waals surface area contributed by atoms with Gasteiger partial charge in [-0.05, 0) is 31.1 Å². The van der Waals surface area contributed by atoms with Crippen LogP contribution in [-0.2, 0) is 6.42 Å². The summed E-state index contributed by atoms with van der Waals surface area (Å²) < 4.78 is 5.95. The fourth-order valence-corrected chi connectivity index (χ4v) is 2.33. The summed E-state index contributed by atoms with van der Waals surface area (Å²) >= 11 is 0. The lowest BCUT2D eigenvalue weighted by Crippen LogP contribution is -1.84. The molecular formula is C21H27NO. The number of nitrogens with one attached hydrogen (secondary N) is 1. The molecule has 0 unspecified atom stereocenters. The molecule has 2 nitrogen and oxygen atoms in total. The minimum absolute atomic E-state index is 0.566. The van der Waals surface area contributed by atoms with Gasteiger partial charge < -0.3 is 9.83 Å². The second kappa shape index (κ2) is 9.62. The number of rotatable bonds is 3. The van der Waals surface area contributed by atoms with Gasteiger partial charge in [-0.2, -0.15) is 0 Å². The molecule has 0 spiro atoms. The Balaban J connectivity index is 0.000000615. The third kappa shape index (κ3) is 4.56. The molecule has 3 rings (SSSR count). The highest BCUT2D eigenvalue weighted by Crippen LogP contribution is 2.30. The van der Waals surface area contributed by atoms with E-state index in [1.165, 1.54) is 0 Å². The Kier molecular flexibility index (Phi) is 7.82. The molecule has 0 saturated carbocycles. The summed E-state index contributed by atoms with van der Waals surface area (Å²) in [6.07, 6.45) is 4.61. The molecule has 0 fully saturated rings. The predicted octanol–water partition coefficient (Wildman–Crippen LogP) is 6.78. The van der Waals surface area contributed by atoms with Crippen molar-refractivity contribution < 1.29 is 4.42 Å². The van der Waals surface area contributed by atoms with Crippen molar-refractivity contribution in [2.75, 3.05) is 0 Å². The Morgan fingerprint density at radius 2 is 1.61 bits per heavy atom. The third-order valence-electron chi connectivity index (χ3n) is 3.19. The van der Waals surface area contributed by atoms with Crippen LogP contribution in [0.4, 0.5) is 0 Å². The molecule has 1 heterocycles. The number of allylic oxidation sites excluding steroid dienone is 2. The van der Waals surface area contributed by atoms with Crippen molar-refractivity contribution in [3.8, 4) is 0 Å². The van der Waals surface area contributed by atoms with Crippen molar-refractivity contribution in [3.63, 3.8) is 0 Å². The third-order valence-corrected chi connectivity index (χ3v) is 3.19. The van der Waals surface area contributed by atoms with Gasteiger partial charge in [0.1, 0.15) is 11.2 Å². The van der Waals surface area contributed by atoms with Crippen LogP contribution in [0.3, 0.4) is 0 Å². The van der Waals surface area contributed by atoms with E-state index in [0.717, 1.165) is 33.9 Å². The number of para-hydroxylation sites is 2. The zero-order chi connectivity index (χ0) is 17.2. The van der Waals surface area contributed by atoms with Crippen LogP contribution in [0.5, 0.6) is 0 Å². The summed E-state index contributed by atoms with van der Waals surface area (Å²) in [5, 5.41) is 9.72. The molecule has 0 aliphatic carbocycles. The molecule has 0 saturated heterocycles. The zero-order valence-electron chi connectivity index (χ0n) is 14.8. The van der Waals surface area contributed by atoms with Gasteiger partial charge in [-0.15, -0.1) is 0 Å². The minimum atomic E-state index is 0.566. The highest BCUT2D eigenvalue weighted by Gasteiger charge is 2.08. The van der Waals surface area contributed by atoms with Crippen molar-refractivity contribution in [3.05, 3.63) is 60.2 Å². The van der Waals surface area contributed by atoms with Gasteiger partial charge in [0, 0.05) is 16.5 Å². The predicted molar refractivity (Wildman–Crippen MR) is 103 cm³/mol. The Bertz CT molecular complexity index is 781. The second-order valence-corrected chi connectivity index (χ2v) is 4.68. The number of furan rings is 1.